The molecular weight excluding hydrogens is 488 g/mol. The molecule has 0 spiro atoms. The molecule has 2 aromatic carbocycles. The summed E-state index contributed by atoms with van der Waals surface area (Å²) < 4.78 is 22.3. The maximum Gasteiger partial charge on any atom is 0.192 e. The molecule has 2 unspecified atom stereocenters. The van der Waals surface area contributed by atoms with Crippen molar-refractivity contribution in [3.8, 4) is 11.5 Å². The fraction of sp³-hybridized carbons (Fsp3) is 0.533. The van der Waals surface area contributed by atoms with Crippen molar-refractivity contribution in [1.29, 1.82) is 0 Å². The second-order valence-corrected chi connectivity index (χ2v) is 9.03. The summed E-state index contributed by atoms with van der Waals surface area (Å²) in [5.74, 6) is 0.0587. The van der Waals surface area contributed by atoms with Gasteiger partial charge in [0.2, 0.25) is 0 Å². The molecule has 0 radical (unpaired) electrons. The molecule has 0 aliphatic rings. The maximum absolute atomic E-state index is 13.3. The first kappa shape index (κ1) is 31.4. The first-order chi connectivity index (χ1) is 18.5. The molecule has 0 bridgehead atoms. The number of carbonyl (C=O) groups excluding carboxylic acids is 2. The van der Waals surface area contributed by atoms with Gasteiger partial charge in [-0.1, -0.05) is 20.3 Å². The molecule has 0 saturated heterocycles. The number of rotatable bonds is 21. The van der Waals surface area contributed by atoms with Gasteiger partial charge in [-0.25, -0.2) is 0 Å². The average Bonchev–Trinajstić information content (AvgIpc) is 2.95. The van der Waals surface area contributed by atoms with Crippen LogP contribution in [0.2, 0.25) is 0 Å². The molecule has 0 saturated carbocycles. The molecule has 2 rings (SSSR count). The Hall–Kier alpha value is -2.78. The van der Waals surface area contributed by atoms with Gasteiger partial charge in [0.25, 0.3) is 0 Å². The number of benzene rings is 2. The number of aliphatic hydroxyl groups excluding tert-OH is 2. The summed E-state index contributed by atoms with van der Waals surface area (Å²) >= 11 is 0. The Morgan fingerprint density at radius 3 is 1.76 bits per heavy atom. The third-order valence-electron chi connectivity index (χ3n) is 5.95. The summed E-state index contributed by atoms with van der Waals surface area (Å²) in [7, 11) is 0. The van der Waals surface area contributed by atoms with Crippen molar-refractivity contribution in [1.82, 2.24) is 0 Å². The molecule has 0 aromatic heterocycles. The van der Waals surface area contributed by atoms with E-state index in [1.54, 1.807) is 55.5 Å². The molecule has 0 fully saturated rings. The standard InChI is InChI=1S/C30H42O8/c1-3-18-36-26-12-8-24(9-13-26)28(33)23(2)30(38-22-17-32)29(34)25-10-14-27(15-11-25)37-20-7-5-4-6-19-35-21-16-31/h8-15,23,30-32H,3-7,16-22H2,1-2H3. The van der Waals surface area contributed by atoms with Gasteiger partial charge in [0, 0.05) is 17.7 Å². The lowest BCUT2D eigenvalue weighted by atomic mass is 9.89. The Kier molecular flexibility index (Phi) is 15.3. The summed E-state index contributed by atoms with van der Waals surface area (Å²) in [4.78, 5) is 26.4. The van der Waals surface area contributed by atoms with Gasteiger partial charge in [0.15, 0.2) is 11.6 Å². The average molecular weight is 531 g/mol. The monoisotopic (exact) mass is 530 g/mol. The van der Waals surface area contributed by atoms with Gasteiger partial charge in [-0.3, -0.25) is 9.59 Å². The van der Waals surface area contributed by atoms with Gasteiger partial charge in [0.05, 0.1) is 45.6 Å². The highest BCUT2D eigenvalue weighted by Crippen LogP contribution is 2.22. The number of Topliss-reactive ketones (excluding diaryl/α,β-unsaturated/α-hetero) is 2. The molecule has 8 nitrogen and oxygen atoms in total. The molecular formula is C30H42O8. The van der Waals surface area contributed by atoms with E-state index < -0.39 is 12.0 Å². The number of ether oxygens (including phenoxy) is 4. The van der Waals surface area contributed by atoms with Crippen LogP contribution in [0.1, 0.15) is 66.7 Å². The van der Waals surface area contributed by atoms with Crippen LogP contribution in [-0.4, -0.2) is 74.1 Å². The Morgan fingerprint density at radius 2 is 1.21 bits per heavy atom. The van der Waals surface area contributed by atoms with Crippen LogP contribution in [0.3, 0.4) is 0 Å². The quantitative estimate of drug-likeness (QED) is 0.179. The van der Waals surface area contributed by atoms with Gasteiger partial charge in [-0.2, -0.15) is 0 Å². The van der Waals surface area contributed by atoms with Crippen LogP contribution in [0.4, 0.5) is 0 Å². The third-order valence-corrected chi connectivity index (χ3v) is 5.95. The first-order valence-electron chi connectivity index (χ1n) is 13.5. The van der Waals surface area contributed by atoms with E-state index in [1.165, 1.54) is 0 Å². The molecule has 210 valence electrons. The van der Waals surface area contributed by atoms with E-state index in [9.17, 15) is 14.7 Å². The molecule has 38 heavy (non-hydrogen) atoms. The van der Waals surface area contributed by atoms with E-state index in [1.807, 2.05) is 6.92 Å². The first-order valence-corrected chi connectivity index (χ1v) is 13.5. The second-order valence-electron chi connectivity index (χ2n) is 9.03. The molecule has 2 aromatic rings. The van der Waals surface area contributed by atoms with Crippen molar-refractivity contribution in [2.75, 3.05) is 46.2 Å². The largest absolute Gasteiger partial charge is 0.494 e. The fourth-order valence-electron chi connectivity index (χ4n) is 3.86. The summed E-state index contributed by atoms with van der Waals surface area (Å²) in [5.41, 5.74) is 0.874. The smallest absolute Gasteiger partial charge is 0.192 e. The predicted molar refractivity (Wildman–Crippen MR) is 145 cm³/mol. The minimum absolute atomic E-state index is 0.0490. The van der Waals surface area contributed by atoms with Crippen molar-refractivity contribution in [3.05, 3.63) is 59.7 Å². The van der Waals surface area contributed by atoms with E-state index >= 15 is 0 Å². The molecule has 0 heterocycles. The SMILES string of the molecule is CCCOc1ccc(C(=O)C(C)C(OCCO)C(=O)c2ccc(OCCCCCCOCCO)cc2)cc1. The van der Waals surface area contributed by atoms with Crippen LogP contribution < -0.4 is 9.47 Å². The van der Waals surface area contributed by atoms with Crippen LogP contribution in [0.15, 0.2) is 48.5 Å². The van der Waals surface area contributed by atoms with Gasteiger partial charge in [-0.05, 0) is 74.2 Å². The summed E-state index contributed by atoms with van der Waals surface area (Å²) in [6.07, 6.45) is 3.77. The number of unbranched alkanes of at least 4 members (excludes halogenated alkanes) is 3. The lowest BCUT2D eigenvalue weighted by molar-refractivity contribution is 0.00777. The summed E-state index contributed by atoms with van der Waals surface area (Å²) in [6, 6.07) is 13.7. The minimum atomic E-state index is -1.03. The number of ketones is 2. The van der Waals surface area contributed by atoms with E-state index in [0.29, 0.717) is 49.1 Å². The van der Waals surface area contributed by atoms with Crippen molar-refractivity contribution in [3.63, 3.8) is 0 Å². The Labute approximate surface area is 225 Å². The Bertz CT molecular complexity index is 926. The fourth-order valence-corrected chi connectivity index (χ4v) is 3.86. The molecule has 8 heteroatoms. The molecule has 2 atom stereocenters. The minimum Gasteiger partial charge on any atom is -0.494 e. The van der Waals surface area contributed by atoms with Crippen molar-refractivity contribution in [2.24, 2.45) is 5.92 Å². The van der Waals surface area contributed by atoms with Crippen LogP contribution in [0.25, 0.3) is 0 Å². The topological polar surface area (TPSA) is 112 Å². The molecule has 0 amide bonds. The Morgan fingerprint density at radius 1 is 0.684 bits per heavy atom. The van der Waals surface area contributed by atoms with Crippen LogP contribution in [-0.2, 0) is 9.47 Å². The van der Waals surface area contributed by atoms with Gasteiger partial charge < -0.3 is 29.2 Å². The summed E-state index contributed by atoms with van der Waals surface area (Å²) in [5, 5.41) is 17.9. The van der Waals surface area contributed by atoms with E-state index in [2.05, 4.69) is 0 Å². The normalized spacial score (nSPS) is 12.6. The number of hydrogen-bond acceptors (Lipinski definition) is 8. The third kappa shape index (κ3) is 10.9. The highest BCUT2D eigenvalue weighted by molar-refractivity contribution is 6.06. The second kappa shape index (κ2) is 18.5. The zero-order valence-electron chi connectivity index (χ0n) is 22.6. The number of carbonyl (C=O) groups is 2. The summed E-state index contributed by atoms with van der Waals surface area (Å²) in [6.45, 7) is 5.65. The van der Waals surface area contributed by atoms with Crippen molar-refractivity contribution in [2.45, 2.75) is 52.1 Å². The van der Waals surface area contributed by atoms with Gasteiger partial charge >= 0.3 is 0 Å². The van der Waals surface area contributed by atoms with Crippen LogP contribution in [0, 0.1) is 5.92 Å². The predicted octanol–water partition coefficient (Wildman–Crippen LogP) is 4.50. The maximum atomic E-state index is 13.3. The van der Waals surface area contributed by atoms with E-state index in [-0.39, 0.29) is 31.4 Å². The lowest BCUT2D eigenvalue weighted by Gasteiger charge is -2.22. The van der Waals surface area contributed by atoms with Crippen molar-refractivity contribution >= 4 is 11.6 Å². The zero-order valence-corrected chi connectivity index (χ0v) is 22.6. The van der Waals surface area contributed by atoms with E-state index in [4.69, 9.17) is 24.1 Å². The molecule has 2 N–H and O–H groups in total. The van der Waals surface area contributed by atoms with Gasteiger partial charge in [-0.15, -0.1) is 0 Å². The number of aliphatic hydroxyl groups is 2. The van der Waals surface area contributed by atoms with Gasteiger partial charge in [0.1, 0.15) is 17.6 Å². The van der Waals surface area contributed by atoms with Crippen LogP contribution >= 0.6 is 0 Å². The van der Waals surface area contributed by atoms with E-state index in [0.717, 1.165) is 32.1 Å². The number of hydrogen-bond donors (Lipinski definition) is 2. The highest BCUT2D eigenvalue weighted by atomic mass is 16.5. The molecule has 0 aliphatic heterocycles. The highest BCUT2D eigenvalue weighted by Gasteiger charge is 2.32. The zero-order chi connectivity index (χ0) is 27.6. The van der Waals surface area contributed by atoms with Crippen molar-refractivity contribution < 1.29 is 38.7 Å². The molecule has 0 aliphatic carbocycles. The Balaban J connectivity index is 1.91. The lowest BCUT2D eigenvalue weighted by Crippen LogP contribution is -2.36. The van der Waals surface area contributed by atoms with Crippen LogP contribution in [0.5, 0.6) is 11.5 Å².